The highest BCUT2D eigenvalue weighted by atomic mass is 14.8. The van der Waals surface area contributed by atoms with Gasteiger partial charge in [0, 0.05) is 0 Å². The fourth-order valence-corrected chi connectivity index (χ4v) is 1.62. The van der Waals surface area contributed by atoms with Crippen LogP contribution in [-0.4, -0.2) is 19.6 Å². The van der Waals surface area contributed by atoms with Crippen molar-refractivity contribution in [1.29, 1.82) is 0 Å². The van der Waals surface area contributed by atoms with Crippen LogP contribution in [0.2, 0.25) is 0 Å². The molecule has 0 bridgehead atoms. The predicted molar refractivity (Wildman–Crippen MR) is 69.1 cm³/mol. The van der Waals surface area contributed by atoms with Crippen molar-refractivity contribution < 1.29 is 0 Å². The van der Waals surface area contributed by atoms with Gasteiger partial charge in [0.2, 0.25) is 0 Å². The zero-order chi connectivity index (χ0) is 11.6. The molecule has 0 saturated carbocycles. The Morgan fingerprint density at radius 1 is 0.867 bits per heavy atom. The van der Waals surface area contributed by atoms with Crippen molar-refractivity contribution in [3.05, 3.63) is 0 Å². The van der Waals surface area contributed by atoms with Gasteiger partial charge in [0.1, 0.15) is 0 Å². The van der Waals surface area contributed by atoms with Gasteiger partial charge in [-0.15, -0.1) is 0 Å². The third-order valence-corrected chi connectivity index (χ3v) is 2.59. The zero-order valence-corrected chi connectivity index (χ0v) is 10.9. The number of hydrogen-bond donors (Lipinski definition) is 2. The maximum atomic E-state index is 5.43. The average Bonchev–Trinajstić information content (AvgIpc) is 2.14. The second-order valence-corrected chi connectivity index (χ2v) is 5.62. The lowest BCUT2D eigenvalue weighted by molar-refractivity contribution is 0.360. The summed E-state index contributed by atoms with van der Waals surface area (Å²) < 4.78 is 0. The molecule has 0 aromatic carbocycles. The van der Waals surface area contributed by atoms with E-state index in [1.165, 1.54) is 51.6 Å². The van der Waals surface area contributed by atoms with E-state index in [0.29, 0.717) is 5.41 Å². The third-order valence-electron chi connectivity index (χ3n) is 2.59. The summed E-state index contributed by atoms with van der Waals surface area (Å²) >= 11 is 0. The van der Waals surface area contributed by atoms with Crippen molar-refractivity contribution in [2.75, 3.05) is 19.6 Å². The largest absolute Gasteiger partial charge is 0.330 e. The van der Waals surface area contributed by atoms with E-state index < -0.39 is 0 Å². The smallest absolute Gasteiger partial charge is 0.00487 e. The lowest BCUT2D eigenvalue weighted by Crippen LogP contribution is -2.18. The van der Waals surface area contributed by atoms with Gasteiger partial charge in [-0.3, -0.25) is 0 Å². The summed E-state index contributed by atoms with van der Waals surface area (Å²) in [5, 5.41) is 3.50. The Balaban J connectivity index is 2.99. The SMILES string of the molecule is CC(C)(C)CCCNCCCCCCN. The zero-order valence-electron chi connectivity index (χ0n) is 10.9. The minimum Gasteiger partial charge on any atom is -0.330 e. The molecule has 0 heterocycles. The quantitative estimate of drug-likeness (QED) is 0.579. The minimum absolute atomic E-state index is 0.489. The van der Waals surface area contributed by atoms with Gasteiger partial charge < -0.3 is 11.1 Å². The first-order chi connectivity index (χ1) is 7.06. The van der Waals surface area contributed by atoms with E-state index in [0.717, 1.165) is 6.54 Å². The van der Waals surface area contributed by atoms with Gasteiger partial charge in [-0.2, -0.15) is 0 Å². The van der Waals surface area contributed by atoms with Gasteiger partial charge in [-0.05, 0) is 50.7 Å². The Morgan fingerprint density at radius 3 is 2.07 bits per heavy atom. The van der Waals surface area contributed by atoms with E-state index in [1.54, 1.807) is 0 Å². The summed E-state index contributed by atoms with van der Waals surface area (Å²) in [6, 6.07) is 0. The van der Waals surface area contributed by atoms with E-state index in [1.807, 2.05) is 0 Å². The van der Waals surface area contributed by atoms with Gasteiger partial charge in [0.15, 0.2) is 0 Å². The highest BCUT2D eigenvalue weighted by Gasteiger charge is 2.08. The first kappa shape index (κ1) is 14.9. The standard InChI is InChI=1S/C13H30N2/c1-13(2,3)9-8-12-15-11-7-5-4-6-10-14/h15H,4-12,14H2,1-3H3. The molecule has 0 aliphatic rings. The number of nitrogens with one attached hydrogen (secondary N) is 1. The van der Waals surface area contributed by atoms with Gasteiger partial charge in [0.25, 0.3) is 0 Å². The molecule has 0 fully saturated rings. The molecule has 0 aliphatic carbocycles. The molecule has 2 nitrogen and oxygen atoms in total. The lowest BCUT2D eigenvalue weighted by atomic mass is 9.91. The highest BCUT2D eigenvalue weighted by Crippen LogP contribution is 2.19. The highest BCUT2D eigenvalue weighted by molar-refractivity contribution is 4.62. The van der Waals surface area contributed by atoms with Crippen molar-refractivity contribution in [3.63, 3.8) is 0 Å². The van der Waals surface area contributed by atoms with Crippen LogP contribution in [0.15, 0.2) is 0 Å². The fourth-order valence-electron chi connectivity index (χ4n) is 1.62. The van der Waals surface area contributed by atoms with Crippen LogP contribution >= 0.6 is 0 Å². The van der Waals surface area contributed by atoms with E-state index >= 15 is 0 Å². The third kappa shape index (κ3) is 13.9. The van der Waals surface area contributed by atoms with Crippen LogP contribution < -0.4 is 11.1 Å². The molecule has 3 N–H and O–H groups in total. The van der Waals surface area contributed by atoms with Crippen LogP contribution in [0.1, 0.15) is 59.3 Å². The van der Waals surface area contributed by atoms with Gasteiger partial charge >= 0.3 is 0 Å². The maximum absolute atomic E-state index is 5.43. The minimum atomic E-state index is 0.489. The Kier molecular flexibility index (Phi) is 9.12. The van der Waals surface area contributed by atoms with Gasteiger partial charge in [-0.25, -0.2) is 0 Å². The first-order valence-electron chi connectivity index (χ1n) is 6.47. The number of rotatable bonds is 9. The number of unbranched alkanes of at least 4 members (excludes halogenated alkanes) is 3. The Bertz CT molecular complexity index is 127. The summed E-state index contributed by atoms with van der Waals surface area (Å²) in [7, 11) is 0. The molecule has 92 valence electrons. The Hall–Kier alpha value is -0.0800. The van der Waals surface area contributed by atoms with Crippen molar-refractivity contribution in [2.24, 2.45) is 11.1 Å². The van der Waals surface area contributed by atoms with Crippen LogP contribution in [0.3, 0.4) is 0 Å². The van der Waals surface area contributed by atoms with Crippen molar-refractivity contribution in [1.82, 2.24) is 5.32 Å². The van der Waals surface area contributed by atoms with Crippen molar-refractivity contribution >= 4 is 0 Å². The fraction of sp³-hybridized carbons (Fsp3) is 1.00. The summed E-state index contributed by atoms with van der Waals surface area (Å²) in [6.07, 6.45) is 7.71. The molecule has 0 amide bonds. The van der Waals surface area contributed by atoms with Crippen LogP contribution in [0, 0.1) is 5.41 Å². The molecule has 0 saturated heterocycles. The maximum Gasteiger partial charge on any atom is -0.00487 e. The van der Waals surface area contributed by atoms with Crippen molar-refractivity contribution in [2.45, 2.75) is 59.3 Å². The van der Waals surface area contributed by atoms with E-state index in [9.17, 15) is 0 Å². The van der Waals surface area contributed by atoms with Crippen LogP contribution in [-0.2, 0) is 0 Å². The molecular weight excluding hydrogens is 184 g/mol. The van der Waals surface area contributed by atoms with Gasteiger partial charge in [0.05, 0.1) is 0 Å². The Labute approximate surface area is 96.0 Å². The van der Waals surface area contributed by atoms with Crippen LogP contribution in [0.5, 0.6) is 0 Å². The monoisotopic (exact) mass is 214 g/mol. The molecule has 0 spiro atoms. The van der Waals surface area contributed by atoms with E-state index in [-0.39, 0.29) is 0 Å². The summed E-state index contributed by atoms with van der Waals surface area (Å²) in [4.78, 5) is 0. The molecule has 0 aromatic heterocycles. The number of hydrogen-bond acceptors (Lipinski definition) is 2. The molecule has 0 unspecified atom stereocenters. The molecule has 0 radical (unpaired) electrons. The Morgan fingerprint density at radius 2 is 1.47 bits per heavy atom. The average molecular weight is 214 g/mol. The second kappa shape index (κ2) is 9.17. The molecule has 2 heteroatoms. The lowest BCUT2D eigenvalue weighted by Gasteiger charge is -2.17. The van der Waals surface area contributed by atoms with E-state index in [2.05, 4.69) is 26.1 Å². The topological polar surface area (TPSA) is 38.0 Å². The second-order valence-electron chi connectivity index (χ2n) is 5.62. The number of nitrogens with two attached hydrogens (primary N) is 1. The molecule has 0 aromatic rings. The first-order valence-corrected chi connectivity index (χ1v) is 6.47. The molecule has 0 rings (SSSR count). The molecule has 15 heavy (non-hydrogen) atoms. The summed E-state index contributed by atoms with van der Waals surface area (Å²) in [5.41, 5.74) is 5.92. The summed E-state index contributed by atoms with van der Waals surface area (Å²) in [6.45, 7) is 10.1. The van der Waals surface area contributed by atoms with Gasteiger partial charge in [-0.1, -0.05) is 33.6 Å². The van der Waals surface area contributed by atoms with Crippen LogP contribution in [0.4, 0.5) is 0 Å². The normalized spacial score (nSPS) is 12.0. The van der Waals surface area contributed by atoms with Crippen LogP contribution in [0.25, 0.3) is 0 Å². The van der Waals surface area contributed by atoms with Crippen molar-refractivity contribution in [3.8, 4) is 0 Å². The molecule has 0 aliphatic heterocycles. The predicted octanol–water partition coefficient (Wildman–Crippen LogP) is 2.92. The summed E-state index contributed by atoms with van der Waals surface area (Å²) in [5.74, 6) is 0. The molecule has 0 atom stereocenters. The van der Waals surface area contributed by atoms with E-state index in [4.69, 9.17) is 5.73 Å². The molecular formula is C13H30N2.